The van der Waals surface area contributed by atoms with E-state index < -0.39 is 5.60 Å². The van der Waals surface area contributed by atoms with Gasteiger partial charge in [-0.05, 0) is 32.2 Å². The van der Waals surface area contributed by atoms with Crippen LogP contribution < -0.4 is 5.73 Å². The summed E-state index contributed by atoms with van der Waals surface area (Å²) < 4.78 is 1.75. The number of nitrogens with zero attached hydrogens (tertiary/aromatic N) is 5. The Morgan fingerprint density at radius 1 is 1.22 bits per heavy atom. The van der Waals surface area contributed by atoms with Crippen LogP contribution in [0.15, 0.2) is 30.5 Å². The maximum Gasteiger partial charge on any atom is 0.221 e. The zero-order valence-corrected chi connectivity index (χ0v) is 15.5. The summed E-state index contributed by atoms with van der Waals surface area (Å²) in [5.74, 6) is 7.04. The number of piperidine rings is 1. The maximum atomic E-state index is 10.7. The summed E-state index contributed by atoms with van der Waals surface area (Å²) in [5, 5.41) is 16.3. The van der Waals surface area contributed by atoms with Crippen molar-refractivity contribution in [3.8, 4) is 17.7 Å². The first-order valence-corrected chi connectivity index (χ1v) is 8.96. The molecule has 4 rings (SSSR count). The smallest absolute Gasteiger partial charge is 0.221 e. The van der Waals surface area contributed by atoms with Crippen LogP contribution in [0.4, 0.5) is 5.95 Å². The minimum atomic E-state index is -0.918. The topological polar surface area (TPSA) is 93.1 Å². The van der Waals surface area contributed by atoms with Gasteiger partial charge in [0.15, 0.2) is 5.82 Å². The molecule has 3 N–H and O–H groups in total. The van der Waals surface area contributed by atoms with Gasteiger partial charge >= 0.3 is 0 Å². The van der Waals surface area contributed by atoms with Crippen molar-refractivity contribution in [2.75, 3.05) is 25.9 Å². The van der Waals surface area contributed by atoms with E-state index in [2.05, 4.69) is 38.9 Å². The number of aromatic nitrogens is 4. The van der Waals surface area contributed by atoms with Crippen LogP contribution in [0.2, 0.25) is 0 Å². The normalized spacial score (nSPS) is 16.9. The molecule has 0 aliphatic carbocycles. The Bertz CT molecular complexity index is 1050. The zero-order valence-electron chi connectivity index (χ0n) is 15.5. The molecule has 1 aliphatic heterocycles. The van der Waals surface area contributed by atoms with Crippen LogP contribution in [0.1, 0.15) is 24.1 Å². The van der Waals surface area contributed by atoms with Crippen LogP contribution in [0, 0.1) is 18.8 Å². The van der Waals surface area contributed by atoms with Crippen molar-refractivity contribution >= 4 is 16.9 Å². The third-order valence-electron chi connectivity index (χ3n) is 5.00. The molecule has 138 valence electrons. The molecule has 0 atom stereocenters. The first-order valence-electron chi connectivity index (χ1n) is 8.96. The number of nitrogen functional groups attached to an aromatic ring is 1. The van der Waals surface area contributed by atoms with Gasteiger partial charge in [0, 0.05) is 49.1 Å². The lowest BCUT2D eigenvalue weighted by atomic mass is 9.92. The van der Waals surface area contributed by atoms with E-state index in [1.807, 2.05) is 25.1 Å². The average Bonchev–Trinajstić information content (AvgIpc) is 2.99. The van der Waals surface area contributed by atoms with E-state index in [9.17, 15) is 5.11 Å². The summed E-state index contributed by atoms with van der Waals surface area (Å²) in [5.41, 5.74) is 7.42. The van der Waals surface area contributed by atoms with E-state index in [1.165, 1.54) is 0 Å². The molecule has 1 saturated heterocycles. The van der Waals surface area contributed by atoms with Crippen LogP contribution >= 0.6 is 0 Å². The van der Waals surface area contributed by atoms with Crippen LogP contribution in [-0.4, -0.2) is 55.5 Å². The number of aryl methyl sites for hydroxylation is 1. The summed E-state index contributed by atoms with van der Waals surface area (Å²) in [4.78, 5) is 10.4. The standard InChI is InChI=1S/C20H22N6O/c1-14-16-4-3-15(5-7-20(27)8-11-25(2)12-9-20)13-17(16)26(24-14)18-6-10-22-19(21)23-18/h3-4,6,10,13,27H,8-9,11-12H2,1-2H3,(H2,21,22,23). The van der Waals surface area contributed by atoms with E-state index in [1.54, 1.807) is 16.9 Å². The van der Waals surface area contributed by atoms with Crippen molar-refractivity contribution in [1.29, 1.82) is 0 Å². The zero-order chi connectivity index (χ0) is 19.0. The molecule has 3 aromatic rings. The summed E-state index contributed by atoms with van der Waals surface area (Å²) in [6.07, 6.45) is 2.94. The van der Waals surface area contributed by atoms with Gasteiger partial charge in [0.2, 0.25) is 5.95 Å². The SMILES string of the molecule is Cc1nn(-c2ccnc(N)n2)c2cc(C#CC3(O)CCN(C)CC3)ccc12. The van der Waals surface area contributed by atoms with Crippen molar-refractivity contribution in [2.24, 2.45) is 0 Å². The number of hydrogen-bond acceptors (Lipinski definition) is 6. The van der Waals surface area contributed by atoms with Crippen LogP contribution in [0.25, 0.3) is 16.7 Å². The molecule has 1 aromatic carbocycles. The fraction of sp³-hybridized carbons (Fsp3) is 0.350. The molecule has 0 amide bonds. The van der Waals surface area contributed by atoms with Gasteiger partial charge in [0.05, 0.1) is 11.2 Å². The van der Waals surface area contributed by atoms with Crippen LogP contribution in [0.3, 0.4) is 0 Å². The second-order valence-corrected chi connectivity index (χ2v) is 7.09. The molecule has 7 heteroatoms. The van der Waals surface area contributed by atoms with Crippen LogP contribution in [-0.2, 0) is 0 Å². The highest BCUT2D eigenvalue weighted by atomic mass is 16.3. The summed E-state index contributed by atoms with van der Waals surface area (Å²) >= 11 is 0. The molecule has 3 heterocycles. The molecule has 2 aromatic heterocycles. The van der Waals surface area contributed by atoms with Gasteiger partial charge in [0.1, 0.15) is 5.60 Å². The molecule has 0 unspecified atom stereocenters. The average molecular weight is 362 g/mol. The van der Waals surface area contributed by atoms with Gasteiger partial charge in [-0.25, -0.2) is 9.67 Å². The van der Waals surface area contributed by atoms with Gasteiger partial charge < -0.3 is 15.7 Å². The van der Waals surface area contributed by atoms with E-state index >= 15 is 0 Å². The Hall–Kier alpha value is -2.95. The highest BCUT2D eigenvalue weighted by molar-refractivity contribution is 5.84. The second-order valence-electron chi connectivity index (χ2n) is 7.09. The second kappa shape index (κ2) is 6.65. The fourth-order valence-corrected chi connectivity index (χ4v) is 3.31. The molecule has 0 spiro atoms. The van der Waals surface area contributed by atoms with Gasteiger partial charge in [0.25, 0.3) is 0 Å². The molecule has 27 heavy (non-hydrogen) atoms. The van der Waals surface area contributed by atoms with Crippen LogP contribution in [0.5, 0.6) is 0 Å². The lowest BCUT2D eigenvalue weighted by molar-refractivity contribution is 0.0350. The van der Waals surface area contributed by atoms with E-state index in [0.717, 1.165) is 35.2 Å². The molecular weight excluding hydrogens is 340 g/mol. The largest absolute Gasteiger partial charge is 0.377 e. The number of rotatable bonds is 1. The molecule has 0 radical (unpaired) electrons. The third-order valence-corrected chi connectivity index (χ3v) is 5.00. The molecule has 0 bridgehead atoms. The highest BCUT2D eigenvalue weighted by Crippen LogP contribution is 2.23. The summed E-state index contributed by atoms with van der Waals surface area (Å²) in [6.45, 7) is 3.66. The van der Waals surface area contributed by atoms with Crippen molar-refractivity contribution in [3.63, 3.8) is 0 Å². The lowest BCUT2D eigenvalue weighted by Gasteiger charge is -2.32. The number of anilines is 1. The summed E-state index contributed by atoms with van der Waals surface area (Å²) in [7, 11) is 2.06. The Morgan fingerprint density at radius 2 is 2.00 bits per heavy atom. The minimum absolute atomic E-state index is 0.203. The van der Waals surface area contributed by atoms with Gasteiger partial charge in [-0.2, -0.15) is 10.1 Å². The number of likely N-dealkylation sites (tertiary alicyclic amines) is 1. The fourth-order valence-electron chi connectivity index (χ4n) is 3.31. The number of benzene rings is 1. The van der Waals surface area contributed by atoms with Crippen molar-refractivity contribution in [1.82, 2.24) is 24.6 Å². The number of nitrogens with two attached hydrogens (primary N) is 1. The summed E-state index contributed by atoms with van der Waals surface area (Å²) in [6, 6.07) is 7.70. The van der Waals surface area contributed by atoms with Crippen molar-refractivity contribution in [3.05, 3.63) is 41.7 Å². The van der Waals surface area contributed by atoms with E-state index in [4.69, 9.17) is 5.73 Å². The van der Waals surface area contributed by atoms with E-state index in [0.29, 0.717) is 18.7 Å². The Labute approximate surface area is 157 Å². The predicted molar refractivity (Wildman–Crippen MR) is 104 cm³/mol. The number of hydrogen-bond donors (Lipinski definition) is 2. The molecule has 0 saturated carbocycles. The van der Waals surface area contributed by atoms with Gasteiger partial charge in [-0.1, -0.05) is 11.8 Å². The predicted octanol–water partition coefficient (Wildman–Crippen LogP) is 1.51. The Balaban J connectivity index is 1.73. The minimum Gasteiger partial charge on any atom is -0.377 e. The molecule has 7 nitrogen and oxygen atoms in total. The number of aliphatic hydroxyl groups is 1. The first-order chi connectivity index (χ1) is 12.9. The highest BCUT2D eigenvalue weighted by Gasteiger charge is 2.28. The van der Waals surface area contributed by atoms with Gasteiger partial charge in [-0.15, -0.1) is 0 Å². The van der Waals surface area contributed by atoms with E-state index in [-0.39, 0.29) is 5.95 Å². The quantitative estimate of drug-likeness (QED) is 0.638. The van der Waals surface area contributed by atoms with Gasteiger partial charge in [-0.3, -0.25) is 0 Å². The Morgan fingerprint density at radius 3 is 2.74 bits per heavy atom. The number of fused-ring (bicyclic) bond motifs is 1. The molecular formula is C20H22N6O. The maximum absolute atomic E-state index is 10.7. The molecule has 1 fully saturated rings. The Kier molecular flexibility index (Phi) is 4.30. The van der Waals surface area contributed by atoms with Crippen molar-refractivity contribution < 1.29 is 5.11 Å². The van der Waals surface area contributed by atoms with Crippen molar-refractivity contribution in [2.45, 2.75) is 25.4 Å². The monoisotopic (exact) mass is 362 g/mol. The third kappa shape index (κ3) is 3.50. The first kappa shape index (κ1) is 17.5. The molecule has 1 aliphatic rings. The lowest BCUT2D eigenvalue weighted by Crippen LogP contribution is -2.41.